The third-order valence-corrected chi connectivity index (χ3v) is 2.57. The Morgan fingerprint density at radius 3 is 2.78 bits per heavy atom. The number of phenols is 1. The molecule has 0 saturated carbocycles. The van der Waals surface area contributed by atoms with Gasteiger partial charge in [0.05, 0.1) is 5.56 Å². The van der Waals surface area contributed by atoms with E-state index in [1.807, 2.05) is 0 Å². The summed E-state index contributed by atoms with van der Waals surface area (Å²) in [6, 6.07) is 7.58. The molecule has 90 valence electrons. The molecule has 5 nitrogen and oxygen atoms in total. The molecule has 0 aliphatic carbocycles. The summed E-state index contributed by atoms with van der Waals surface area (Å²) in [4.78, 5) is 12.0. The number of nitrogens with two attached hydrogens (primary N) is 1. The van der Waals surface area contributed by atoms with E-state index in [0.29, 0.717) is 17.1 Å². The Hall–Kier alpha value is -2.69. The van der Waals surface area contributed by atoms with Crippen LogP contribution in [-0.4, -0.2) is 10.9 Å². The van der Waals surface area contributed by atoms with Gasteiger partial charge in [-0.25, -0.2) is 0 Å². The molecule has 0 unspecified atom stereocenters. The second-order valence-corrected chi connectivity index (χ2v) is 3.86. The molecule has 2 heterocycles. The van der Waals surface area contributed by atoms with Gasteiger partial charge in [0.25, 0.3) is 0 Å². The third-order valence-electron chi connectivity index (χ3n) is 2.57. The Balaban J connectivity index is 1.99. The maximum absolute atomic E-state index is 12.0. The van der Waals surface area contributed by atoms with Gasteiger partial charge in [0.2, 0.25) is 5.78 Å². The molecule has 1 aliphatic rings. The lowest BCUT2D eigenvalue weighted by Gasteiger charge is -1.97. The van der Waals surface area contributed by atoms with Crippen molar-refractivity contribution < 1.29 is 19.1 Å². The molecule has 18 heavy (non-hydrogen) atoms. The van der Waals surface area contributed by atoms with Crippen LogP contribution >= 0.6 is 0 Å². The lowest BCUT2D eigenvalue weighted by Crippen LogP contribution is -1.97. The minimum Gasteiger partial charge on any atom is -0.508 e. The SMILES string of the molecule is Nc1ccc(/C=C2\Oc3cc(O)ccc3C2=O)o1. The molecule has 0 radical (unpaired) electrons. The number of Topliss-reactive ketones (excluding diaryl/α,β-unsaturated/α-hetero) is 1. The van der Waals surface area contributed by atoms with Crippen molar-refractivity contribution in [2.45, 2.75) is 0 Å². The van der Waals surface area contributed by atoms with Crippen molar-refractivity contribution in [3.05, 3.63) is 47.4 Å². The van der Waals surface area contributed by atoms with E-state index in [9.17, 15) is 9.90 Å². The van der Waals surface area contributed by atoms with Crippen molar-refractivity contribution >= 4 is 17.7 Å². The van der Waals surface area contributed by atoms with E-state index in [1.165, 1.54) is 24.3 Å². The summed E-state index contributed by atoms with van der Waals surface area (Å²) >= 11 is 0. The van der Waals surface area contributed by atoms with Gasteiger partial charge in [0.1, 0.15) is 17.3 Å². The highest BCUT2D eigenvalue weighted by Crippen LogP contribution is 2.34. The van der Waals surface area contributed by atoms with Crippen molar-refractivity contribution in [2.24, 2.45) is 0 Å². The molecular formula is C13H9NO4. The second kappa shape index (κ2) is 3.66. The molecule has 1 aliphatic heterocycles. The van der Waals surface area contributed by atoms with E-state index in [0.717, 1.165) is 0 Å². The van der Waals surface area contributed by atoms with Gasteiger partial charge in [-0.1, -0.05) is 0 Å². The summed E-state index contributed by atoms with van der Waals surface area (Å²) < 4.78 is 10.5. The maximum Gasteiger partial charge on any atom is 0.232 e. The van der Waals surface area contributed by atoms with Gasteiger partial charge >= 0.3 is 0 Å². The van der Waals surface area contributed by atoms with Crippen LogP contribution in [-0.2, 0) is 0 Å². The molecule has 1 aromatic heterocycles. The van der Waals surface area contributed by atoms with E-state index < -0.39 is 0 Å². The number of ketones is 1. The molecule has 5 heteroatoms. The van der Waals surface area contributed by atoms with Crippen molar-refractivity contribution in [3.8, 4) is 11.5 Å². The number of nitrogen functional groups attached to an aromatic ring is 1. The van der Waals surface area contributed by atoms with Crippen LogP contribution in [0.1, 0.15) is 16.1 Å². The van der Waals surface area contributed by atoms with Crippen LogP contribution in [0, 0.1) is 0 Å². The van der Waals surface area contributed by atoms with Gasteiger partial charge in [-0.2, -0.15) is 0 Å². The summed E-state index contributed by atoms with van der Waals surface area (Å²) in [5.74, 6) is 0.982. The van der Waals surface area contributed by atoms with E-state index >= 15 is 0 Å². The highest BCUT2D eigenvalue weighted by Gasteiger charge is 2.27. The van der Waals surface area contributed by atoms with E-state index in [-0.39, 0.29) is 23.2 Å². The molecule has 2 aromatic rings. The number of phenolic OH excluding ortho intramolecular Hbond substituents is 1. The topological polar surface area (TPSA) is 85.7 Å². The number of benzene rings is 1. The van der Waals surface area contributed by atoms with Crippen molar-refractivity contribution in [2.75, 3.05) is 5.73 Å². The van der Waals surface area contributed by atoms with Crippen molar-refractivity contribution in [3.63, 3.8) is 0 Å². The highest BCUT2D eigenvalue weighted by atomic mass is 16.5. The Kier molecular flexibility index (Phi) is 2.13. The Bertz CT molecular complexity index is 669. The van der Waals surface area contributed by atoms with Crippen LogP contribution < -0.4 is 10.5 Å². The number of anilines is 1. The number of hydrogen-bond donors (Lipinski definition) is 2. The van der Waals surface area contributed by atoms with Crippen LogP contribution in [0.3, 0.4) is 0 Å². The first kappa shape index (κ1) is 10.5. The number of allylic oxidation sites excluding steroid dienone is 1. The maximum atomic E-state index is 12.0. The number of rotatable bonds is 1. The summed E-state index contributed by atoms with van der Waals surface area (Å²) in [6.45, 7) is 0. The Labute approximate surface area is 102 Å². The fourth-order valence-corrected chi connectivity index (χ4v) is 1.75. The van der Waals surface area contributed by atoms with Gasteiger partial charge in [0, 0.05) is 18.2 Å². The number of carbonyl (C=O) groups is 1. The summed E-state index contributed by atoms with van der Waals surface area (Å²) in [7, 11) is 0. The molecule has 0 saturated heterocycles. The van der Waals surface area contributed by atoms with E-state index in [1.54, 1.807) is 12.1 Å². The minimum atomic E-state index is -0.250. The molecule has 0 bridgehead atoms. The number of hydrogen-bond acceptors (Lipinski definition) is 5. The zero-order valence-corrected chi connectivity index (χ0v) is 9.21. The highest BCUT2D eigenvalue weighted by molar-refractivity contribution is 6.14. The molecule has 1 aromatic carbocycles. The van der Waals surface area contributed by atoms with Gasteiger partial charge in [-0.3, -0.25) is 4.79 Å². The lowest BCUT2D eigenvalue weighted by molar-refractivity contribution is 0.101. The number of fused-ring (bicyclic) bond motifs is 1. The zero-order valence-electron chi connectivity index (χ0n) is 9.21. The third kappa shape index (κ3) is 1.62. The number of aromatic hydroxyl groups is 1. The number of carbonyl (C=O) groups excluding carboxylic acids is 1. The van der Waals surface area contributed by atoms with Crippen LogP contribution in [0.15, 0.2) is 40.5 Å². The molecule has 3 N–H and O–H groups in total. The van der Waals surface area contributed by atoms with Crippen molar-refractivity contribution in [1.82, 2.24) is 0 Å². The van der Waals surface area contributed by atoms with Crippen molar-refractivity contribution in [1.29, 1.82) is 0 Å². The van der Waals surface area contributed by atoms with Crippen LogP contribution in [0.25, 0.3) is 6.08 Å². The average Bonchev–Trinajstić information content (AvgIpc) is 2.85. The minimum absolute atomic E-state index is 0.0463. The number of furan rings is 1. The molecule has 0 spiro atoms. The predicted molar refractivity (Wildman–Crippen MR) is 64.2 cm³/mol. The monoisotopic (exact) mass is 243 g/mol. The lowest BCUT2D eigenvalue weighted by atomic mass is 10.1. The normalized spacial score (nSPS) is 15.8. The van der Waals surface area contributed by atoms with Crippen LogP contribution in [0.4, 0.5) is 5.88 Å². The van der Waals surface area contributed by atoms with Gasteiger partial charge in [0.15, 0.2) is 11.6 Å². The molecule has 0 amide bonds. The quantitative estimate of drug-likeness (QED) is 0.750. The first-order valence-corrected chi connectivity index (χ1v) is 5.26. The first-order chi connectivity index (χ1) is 8.63. The van der Waals surface area contributed by atoms with Crippen LogP contribution in [0.2, 0.25) is 0 Å². The second-order valence-electron chi connectivity index (χ2n) is 3.86. The van der Waals surface area contributed by atoms with E-state index in [4.69, 9.17) is 14.9 Å². The van der Waals surface area contributed by atoms with Gasteiger partial charge in [-0.15, -0.1) is 0 Å². The predicted octanol–water partition coefficient (Wildman–Crippen LogP) is 2.18. The van der Waals surface area contributed by atoms with Gasteiger partial charge in [-0.05, 0) is 18.2 Å². The fourth-order valence-electron chi connectivity index (χ4n) is 1.75. The molecular weight excluding hydrogens is 234 g/mol. The van der Waals surface area contributed by atoms with Gasteiger partial charge < -0.3 is 20.0 Å². The smallest absolute Gasteiger partial charge is 0.232 e. The summed E-state index contributed by atoms with van der Waals surface area (Å²) in [5, 5.41) is 9.32. The largest absolute Gasteiger partial charge is 0.508 e. The van der Waals surface area contributed by atoms with Crippen LogP contribution in [0.5, 0.6) is 11.5 Å². The zero-order chi connectivity index (χ0) is 12.7. The van der Waals surface area contributed by atoms with E-state index in [2.05, 4.69) is 0 Å². The summed E-state index contributed by atoms with van der Waals surface area (Å²) in [6.07, 6.45) is 1.47. The molecule has 0 atom stereocenters. The standard InChI is InChI=1S/C13H9NO4/c14-12-4-2-8(17-12)6-11-13(16)9-3-1-7(15)5-10(9)18-11/h1-6,15H,14H2/b11-6-. The number of ether oxygens (including phenoxy) is 1. The summed E-state index contributed by atoms with van der Waals surface area (Å²) in [5.41, 5.74) is 5.85. The Morgan fingerprint density at radius 1 is 1.22 bits per heavy atom. The average molecular weight is 243 g/mol. The fraction of sp³-hybridized carbons (Fsp3) is 0. The first-order valence-electron chi connectivity index (χ1n) is 5.26. The molecule has 3 rings (SSSR count). The molecule has 0 fully saturated rings. The Morgan fingerprint density at radius 2 is 2.06 bits per heavy atom.